The Morgan fingerprint density at radius 3 is 2.34 bits per heavy atom. The second-order valence-corrected chi connectivity index (χ2v) is 8.34. The van der Waals surface area contributed by atoms with Gasteiger partial charge in [-0.15, -0.1) is 0 Å². The molecule has 0 aliphatic carbocycles. The Kier molecular flexibility index (Phi) is 4.82. The minimum Gasteiger partial charge on any atom is -0.355 e. The highest BCUT2D eigenvalue weighted by Gasteiger charge is 2.15. The number of benzene rings is 3. The van der Waals surface area contributed by atoms with Crippen LogP contribution in [0.5, 0.6) is 0 Å². The molecule has 0 saturated heterocycles. The summed E-state index contributed by atoms with van der Waals surface area (Å²) in [5, 5.41) is 3.70. The maximum Gasteiger partial charge on any atom is 0.261 e. The molecule has 3 N–H and O–H groups in total. The van der Waals surface area contributed by atoms with Crippen LogP contribution >= 0.6 is 0 Å². The summed E-state index contributed by atoms with van der Waals surface area (Å²) in [4.78, 5) is 14.6. The van der Waals surface area contributed by atoms with Gasteiger partial charge in [0.15, 0.2) is 0 Å². The first-order valence-electron chi connectivity index (χ1n) is 8.99. The quantitative estimate of drug-likeness (QED) is 0.453. The number of carbonyl (C=O) groups is 1. The van der Waals surface area contributed by atoms with Crippen molar-refractivity contribution >= 4 is 38.2 Å². The molecule has 29 heavy (non-hydrogen) atoms. The summed E-state index contributed by atoms with van der Waals surface area (Å²) in [5.74, 6) is -0.215. The molecular formula is C22H19N3O3S. The topological polar surface area (TPSA) is 91.1 Å². The molecule has 1 amide bonds. The number of hydrogen-bond donors (Lipinski definition) is 3. The molecule has 0 atom stereocenters. The first-order valence-corrected chi connectivity index (χ1v) is 10.5. The molecule has 0 spiro atoms. The van der Waals surface area contributed by atoms with E-state index in [1.54, 1.807) is 30.3 Å². The lowest BCUT2D eigenvalue weighted by atomic mass is 10.1. The summed E-state index contributed by atoms with van der Waals surface area (Å²) in [6.45, 7) is 1.40. The van der Waals surface area contributed by atoms with Crippen LogP contribution in [0.2, 0.25) is 0 Å². The first kappa shape index (κ1) is 18.8. The Bertz CT molecular complexity index is 1260. The summed E-state index contributed by atoms with van der Waals surface area (Å²) >= 11 is 0. The van der Waals surface area contributed by atoms with Crippen LogP contribution < -0.4 is 10.0 Å². The zero-order valence-electron chi connectivity index (χ0n) is 15.6. The molecule has 6 nitrogen and oxygen atoms in total. The summed E-state index contributed by atoms with van der Waals surface area (Å²) in [5.41, 5.74) is 3.81. The van der Waals surface area contributed by atoms with Crippen molar-refractivity contribution in [2.75, 3.05) is 10.0 Å². The Morgan fingerprint density at radius 2 is 1.62 bits per heavy atom. The number of aromatic amines is 1. The molecule has 0 bridgehead atoms. The fourth-order valence-corrected chi connectivity index (χ4v) is 4.16. The fourth-order valence-electron chi connectivity index (χ4n) is 3.11. The van der Waals surface area contributed by atoms with Crippen LogP contribution in [-0.2, 0) is 14.8 Å². The highest BCUT2D eigenvalue weighted by Crippen LogP contribution is 2.27. The molecule has 0 unspecified atom stereocenters. The Labute approximate surface area is 168 Å². The van der Waals surface area contributed by atoms with Gasteiger partial charge in [0.05, 0.1) is 4.90 Å². The Hall–Kier alpha value is -3.58. The van der Waals surface area contributed by atoms with Gasteiger partial charge in [0.2, 0.25) is 5.91 Å². The van der Waals surface area contributed by atoms with Crippen LogP contribution in [0.1, 0.15) is 6.92 Å². The maximum atomic E-state index is 12.7. The number of amides is 1. The molecule has 1 heterocycles. The molecule has 0 radical (unpaired) electrons. The second kappa shape index (κ2) is 7.44. The van der Waals surface area contributed by atoms with E-state index in [-0.39, 0.29) is 10.8 Å². The molecule has 0 aliphatic rings. The van der Waals surface area contributed by atoms with Gasteiger partial charge >= 0.3 is 0 Å². The van der Waals surface area contributed by atoms with E-state index in [0.29, 0.717) is 11.4 Å². The Morgan fingerprint density at radius 1 is 0.862 bits per heavy atom. The second-order valence-electron chi connectivity index (χ2n) is 6.66. The number of hydrogen-bond acceptors (Lipinski definition) is 3. The average Bonchev–Trinajstić information content (AvgIpc) is 3.12. The number of nitrogens with one attached hydrogen (secondary N) is 3. The van der Waals surface area contributed by atoms with Crippen molar-refractivity contribution in [1.29, 1.82) is 0 Å². The molecule has 1 aromatic heterocycles. The van der Waals surface area contributed by atoms with E-state index in [1.165, 1.54) is 19.1 Å². The largest absolute Gasteiger partial charge is 0.355 e. The lowest BCUT2D eigenvalue weighted by molar-refractivity contribution is -0.114. The number of fused-ring (bicyclic) bond motifs is 1. The minimum absolute atomic E-state index is 0.114. The summed E-state index contributed by atoms with van der Waals surface area (Å²) in [7, 11) is -3.76. The molecule has 4 rings (SSSR count). The molecule has 7 heteroatoms. The van der Waals surface area contributed by atoms with E-state index in [9.17, 15) is 13.2 Å². The van der Waals surface area contributed by atoms with Gasteiger partial charge in [-0.3, -0.25) is 9.52 Å². The standard InChI is InChI=1S/C22H19N3O3S/c1-15(26)23-18-9-11-20(12-10-18)29(27,28)25-19-7-4-6-16(13-19)22-14-17-5-2-3-8-21(17)24-22/h2-14,24-25H,1H3,(H,23,26). The highest BCUT2D eigenvalue weighted by atomic mass is 32.2. The van der Waals surface area contributed by atoms with Crippen LogP contribution in [0.25, 0.3) is 22.2 Å². The lowest BCUT2D eigenvalue weighted by Gasteiger charge is -2.10. The summed E-state index contributed by atoms with van der Waals surface area (Å²) < 4.78 is 28.0. The molecule has 3 aromatic carbocycles. The number of anilines is 2. The van der Waals surface area contributed by atoms with Gasteiger partial charge in [-0.1, -0.05) is 30.3 Å². The van der Waals surface area contributed by atoms with E-state index in [4.69, 9.17) is 0 Å². The third-order valence-electron chi connectivity index (χ3n) is 4.44. The highest BCUT2D eigenvalue weighted by molar-refractivity contribution is 7.92. The van der Waals surface area contributed by atoms with Crippen LogP contribution in [-0.4, -0.2) is 19.3 Å². The number of sulfonamides is 1. The number of para-hydroxylation sites is 1. The van der Waals surface area contributed by atoms with Crippen LogP contribution in [0.15, 0.2) is 83.8 Å². The van der Waals surface area contributed by atoms with E-state index < -0.39 is 10.0 Å². The van der Waals surface area contributed by atoms with Crippen molar-refractivity contribution < 1.29 is 13.2 Å². The SMILES string of the molecule is CC(=O)Nc1ccc(S(=O)(=O)Nc2cccc(-c3cc4ccccc4[nH]3)c2)cc1. The lowest BCUT2D eigenvalue weighted by Crippen LogP contribution is -2.13. The summed E-state index contributed by atoms with van der Waals surface area (Å²) in [6.07, 6.45) is 0. The number of carbonyl (C=O) groups excluding carboxylic acids is 1. The van der Waals surface area contributed by atoms with Crippen molar-refractivity contribution in [2.45, 2.75) is 11.8 Å². The predicted octanol–water partition coefficient (Wildman–Crippen LogP) is 4.59. The smallest absolute Gasteiger partial charge is 0.261 e. The van der Waals surface area contributed by atoms with Crippen molar-refractivity contribution in [3.8, 4) is 11.3 Å². The minimum atomic E-state index is -3.76. The zero-order valence-corrected chi connectivity index (χ0v) is 16.5. The van der Waals surface area contributed by atoms with Crippen molar-refractivity contribution in [2.24, 2.45) is 0 Å². The van der Waals surface area contributed by atoms with Crippen molar-refractivity contribution in [3.63, 3.8) is 0 Å². The van der Waals surface area contributed by atoms with Crippen LogP contribution in [0, 0.1) is 0 Å². The van der Waals surface area contributed by atoms with Gasteiger partial charge in [-0.25, -0.2) is 8.42 Å². The van der Waals surface area contributed by atoms with Gasteiger partial charge in [-0.2, -0.15) is 0 Å². The van der Waals surface area contributed by atoms with E-state index in [1.807, 2.05) is 36.4 Å². The number of rotatable bonds is 5. The number of H-pyrrole nitrogens is 1. The third-order valence-corrected chi connectivity index (χ3v) is 5.84. The molecule has 0 fully saturated rings. The molecule has 0 aliphatic heterocycles. The van der Waals surface area contributed by atoms with Gasteiger partial charge < -0.3 is 10.3 Å². The van der Waals surface area contributed by atoms with Crippen LogP contribution in [0.3, 0.4) is 0 Å². The number of aromatic nitrogens is 1. The average molecular weight is 405 g/mol. The van der Waals surface area contributed by atoms with Crippen molar-refractivity contribution in [1.82, 2.24) is 4.98 Å². The van der Waals surface area contributed by atoms with Crippen LogP contribution in [0.4, 0.5) is 11.4 Å². The maximum absolute atomic E-state index is 12.7. The molecular weight excluding hydrogens is 386 g/mol. The monoisotopic (exact) mass is 405 g/mol. The van der Waals surface area contributed by atoms with E-state index >= 15 is 0 Å². The van der Waals surface area contributed by atoms with Crippen molar-refractivity contribution in [3.05, 3.63) is 78.9 Å². The molecule has 0 saturated carbocycles. The normalized spacial score (nSPS) is 11.3. The zero-order chi connectivity index (χ0) is 20.4. The molecule has 4 aromatic rings. The van der Waals surface area contributed by atoms with Gasteiger partial charge in [0.1, 0.15) is 0 Å². The fraction of sp³-hybridized carbons (Fsp3) is 0.0455. The molecule has 146 valence electrons. The van der Waals surface area contributed by atoms with E-state index in [2.05, 4.69) is 15.0 Å². The summed E-state index contributed by atoms with van der Waals surface area (Å²) in [6, 6.07) is 23.2. The third kappa shape index (κ3) is 4.14. The first-order chi connectivity index (χ1) is 13.9. The van der Waals surface area contributed by atoms with Gasteiger partial charge in [0, 0.05) is 40.5 Å². The van der Waals surface area contributed by atoms with Gasteiger partial charge in [0.25, 0.3) is 10.0 Å². The predicted molar refractivity (Wildman–Crippen MR) is 115 cm³/mol. The van der Waals surface area contributed by atoms with E-state index in [0.717, 1.165) is 22.2 Å². The Balaban J connectivity index is 1.59. The van der Waals surface area contributed by atoms with Gasteiger partial charge in [-0.05, 0) is 48.5 Å².